The molecule has 0 bridgehead atoms. The molecule has 5 rings (SSSR count). The Morgan fingerprint density at radius 3 is 2.27 bits per heavy atom. The van der Waals surface area contributed by atoms with Crippen LogP contribution < -0.4 is 4.90 Å². The molecule has 1 N–H and O–H groups in total. The highest BCUT2D eigenvalue weighted by atomic mass is 16.3. The van der Waals surface area contributed by atoms with E-state index in [-0.39, 0.29) is 0 Å². The Bertz CT molecular complexity index is 1220. The van der Waals surface area contributed by atoms with Gasteiger partial charge in [-0.05, 0) is 44.2 Å². The number of anilines is 2. The summed E-state index contributed by atoms with van der Waals surface area (Å²) in [6, 6.07) is 25.1. The smallest absolute Gasteiger partial charge is 0.123 e. The van der Waals surface area contributed by atoms with Gasteiger partial charge in [0.05, 0.1) is 30.4 Å². The van der Waals surface area contributed by atoms with Crippen molar-refractivity contribution in [1.82, 2.24) is 4.57 Å². The van der Waals surface area contributed by atoms with Gasteiger partial charge in [0, 0.05) is 22.9 Å². The van der Waals surface area contributed by atoms with Gasteiger partial charge in [-0.25, -0.2) is 0 Å². The lowest BCUT2D eigenvalue weighted by atomic mass is 10.1. The van der Waals surface area contributed by atoms with E-state index in [1.165, 1.54) is 11.1 Å². The summed E-state index contributed by atoms with van der Waals surface area (Å²) in [7, 11) is 0. The lowest BCUT2D eigenvalue weighted by molar-refractivity contribution is 0.155. The normalized spacial score (nSPS) is 16.4. The fourth-order valence-corrected chi connectivity index (χ4v) is 4.21. The third kappa shape index (κ3) is 3.29. The molecule has 0 aliphatic carbocycles. The number of benzene rings is 3. The van der Waals surface area contributed by atoms with E-state index in [1.807, 2.05) is 24.4 Å². The van der Waals surface area contributed by atoms with Crippen LogP contribution in [0.2, 0.25) is 0 Å². The summed E-state index contributed by atoms with van der Waals surface area (Å²) < 4.78 is 2.22. The van der Waals surface area contributed by atoms with Crippen LogP contribution in [0, 0.1) is 13.8 Å². The lowest BCUT2D eigenvalue weighted by Gasteiger charge is -2.34. The van der Waals surface area contributed by atoms with E-state index in [0.717, 1.165) is 33.7 Å². The number of para-hydroxylation sites is 1. The number of aryl methyl sites for hydroxylation is 2. The molecule has 3 aromatic carbocycles. The molecule has 1 aromatic heterocycles. The predicted octanol–water partition coefficient (Wildman–Crippen LogP) is 5.52. The van der Waals surface area contributed by atoms with Gasteiger partial charge in [0.15, 0.2) is 0 Å². The first-order valence-electron chi connectivity index (χ1n) is 10.3. The standard InChI is InChI=1S/C26H25N3O/c1-18-7-11-20(12-8-18)27-15-24-23-5-3-4-6-25(23)29-17-22(30)16-28(26(24)29)21-13-9-19(2)10-14-21/h3-15,22,30H,16-17H2,1-2H3. The molecule has 4 aromatic rings. The molecule has 4 nitrogen and oxygen atoms in total. The lowest BCUT2D eigenvalue weighted by Crippen LogP contribution is -2.38. The molecule has 4 heteroatoms. The number of aliphatic hydroxyl groups excluding tert-OH is 1. The topological polar surface area (TPSA) is 40.8 Å². The Morgan fingerprint density at radius 2 is 1.53 bits per heavy atom. The zero-order valence-corrected chi connectivity index (χ0v) is 17.3. The summed E-state index contributed by atoms with van der Waals surface area (Å²) in [5.41, 5.74) is 6.65. The van der Waals surface area contributed by atoms with Crippen LogP contribution in [0.5, 0.6) is 0 Å². The second-order valence-corrected chi connectivity index (χ2v) is 8.06. The molecule has 0 amide bonds. The minimum atomic E-state index is -0.434. The molecule has 1 unspecified atom stereocenters. The van der Waals surface area contributed by atoms with Gasteiger partial charge < -0.3 is 14.6 Å². The molecule has 0 radical (unpaired) electrons. The monoisotopic (exact) mass is 395 g/mol. The number of aromatic nitrogens is 1. The van der Waals surface area contributed by atoms with Gasteiger partial charge in [0.1, 0.15) is 5.82 Å². The number of nitrogens with zero attached hydrogens (tertiary/aromatic N) is 3. The fourth-order valence-electron chi connectivity index (χ4n) is 4.21. The van der Waals surface area contributed by atoms with E-state index < -0.39 is 6.10 Å². The average Bonchev–Trinajstić information content (AvgIpc) is 3.07. The molecule has 0 saturated carbocycles. The van der Waals surface area contributed by atoms with E-state index in [4.69, 9.17) is 4.99 Å². The van der Waals surface area contributed by atoms with Crippen LogP contribution in [0.15, 0.2) is 77.8 Å². The van der Waals surface area contributed by atoms with E-state index in [9.17, 15) is 5.11 Å². The van der Waals surface area contributed by atoms with Crippen molar-refractivity contribution in [2.45, 2.75) is 26.5 Å². The largest absolute Gasteiger partial charge is 0.389 e. The Balaban J connectivity index is 1.69. The molecule has 1 atom stereocenters. The zero-order valence-electron chi connectivity index (χ0n) is 17.3. The molecular formula is C26H25N3O. The minimum absolute atomic E-state index is 0.434. The van der Waals surface area contributed by atoms with Crippen LogP contribution in [-0.4, -0.2) is 28.5 Å². The number of fused-ring (bicyclic) bond motifs is 3. The van der Waals surface area contributed by atoms with Gasteiger partial charge in [0.2, 0.25) is 0 Å². The number of β-amino-alcohol motifs (C(OH)–C–C–N with tert-alkyl or cyclic N) is 1. The highest BCUT2D eigenvalue weighted by Crippen LogP contribution is 2.39. The maximum Gasteiger partial charge on any atom is 0.123 e. The van der Waals surface area contributed by atoms with Gasteiger partial charge in [-0.1, -0.05) is 53.6 Å². The molecule has 0 saturated heterocycles. The predicted molar refractivity (Wildman–Crippen MR) is 125 cm³/mol. The second kappa shape index (κ2) is 7.47. The Morgan fingerprint density at radius 1 is 0.867 bits per heavy atom. The highest BCUT2D eigenvalue weighted by molar-refractivity contribution is 6.07. The Labute approximate surface area is 176 Å². The quantitative estimate of drug-likeness (QED) is 0.464. The van der Waals surface area contributed by atoms with E-state index in [1.54, 1.807) is 0 Å². The van der Waals surface area contributed by atoms with Crippen LogP contribution in [0.1, 0.15) is 16.7 Å². The first kappa shape index (κ1) is 18.6. The molecule has 2 heterocycles. The van der Waals surface area contributed by atoms with Gasteiger partial charge in [0.25, 0.3) is 0 Å². The third-order valence-corrected chi connectivity index (χ3v) is 5.75. The molecular weight excluding hydrogens is 370 g/mol. The summed E-state index contributed by atoms with van der Waals surface area (Å²) in [4.78, 5) is 6.99. The van der Waals surface area contributed by atoms with Crippen LogP contribution in [0.3, 0.4) is 0 Å². The molecule has 0 spiro atoms. The van der Waals surface area contributed by atoms with Gasteiger partial charge in [-0.2, -0.15) is 0 Å². The van der Waals surface area contributed by atoms with Crippen LogP contribution in [0.25, 0.3) is 10.9 Å². The molecule has 150 valence electrons. The van der Waals surface area contributed by atoms with E-state index in [0.29, 0.717) is 13.1 Å². The van der Waals surface area contributed by atoms with Crippen molar-refractivity contribution in [3.05, 3.63) is 89.5 Å². The van der Waals surface area contributed by atoms with Crippen molar-refractivity contribution in [3.63, 3.8) is 0 Å². The zero-order chi connectivity index (χ0) is 20.7. The summed E-state index contributed by atoms with van der Waals surface area (Å²) in [6.45, 7) is 5.31. The highest BCUT2D eigenvalue weighted by Gasteiger charge is 2.29. The van der Waals surface area contributed by atoms with Crippen LogP contribution >= 0.6 is 0 Å². The molecule has 30 heavy (non-hydrogen) atoms. The molecule has 0 fully saturated rings. The summed E-state index contributed by atoms with van der Waals surface area (Å²) in [5.74, 6) is 1.08. The van der Waals surface area contributed by atoms with Crippen molar-refractivity contribution in [3.8, 4) is 0 Å². The van der Waals surface area contributed by atoms with Crippen LogP contribution in [-0.2, 0) is 6.54 Å². The van der Waals surface area contributed by atoms with Crippen molar-refractivity contribution in [1.29, 1.82) is 0 Å². The second-order valence-electron chi connectivity index (χ2n) is 8.06. The number of aliphatic hydroxyl groups is 1. The first-order chi connectivity index (χ1) is 14.6. The van der Waals surface area contributed by atoms with E-state index in [2.05, 4.69) is 77.9 Å². The maximum atomic E-state index is 10.6. The summed E-state index contributed by atoms with van der Waals surface area (Å²) >= 11 is 0. The number of aliphatic imine (C=N–C) groups is 1. The Kier molecular flexibility index (Phi) is 4.64. The summed E-state index contributed by atoms with van der Waals surface area (Å²) in [5, 5.41) is 11.8. The van der Waals surface area contributed by atoms with Gasteiger partial charge in [-0.15, -0.1) is 0 Å². The van der Waals surface area contributed by atoms with E-state index >= 15 is 0 Å². The molecule has 1 aliphatic heterocycles. The van der Waals surface area contributed by atoms with Crippen molar-refractivity contribution in [2.24, 2.45) is 4.99 Å². The number of hydrogen-bond donors (Lipinski definition) is 1. The van der Waals surface area contributed by atoms with Crippen molar-refractivity contribution < 1.29 is 5.11 Å². The summed E-state index contributed by atoms with van der Waals surface area (Å²) in [6.07, 6.45) is 1.54. The van der Waals surface area contributed by atoms with Crippen molar-refractivity contribution >= 4 is 34.3 Å². The number of rotatable bonds is 3. The van der Waals surface area contributed by atoms with Crippen molar-refractivity contribution in [2.75, 3.05) is 11.4 Å². The van der Waals surface area contributed by atoms with Crippen LogP contribution in [0.4, 0.5) is 17.2 Å². The first-order valence-corrected chi connectivity index (χ1v) is 10.3. The Hall–Kier alpha value is -3.37. The minimum Gasteiger partial charge on any atom is -0.389 e. The molecule has 1 aliphatic rings. The van der Waals surface area contributed by atoms with Gasteiger partial charge in [-0.3, -0.25) is 4.99 Å². The van der Waals surface area contributed by atoms with Gasteiger partial charge >= 0.3 is 0 Å². The third-order valence-electron chi connectivity index (χ3n) is 5.75. The number of hydrogen-bond acceptors (Lipinski definition) is 3. The SMILES string of the molecule is Cc1ccc(N=Cc2c3n(c4ccccc24)CC(O)CN3c2ccc(C)cc2)cc1. The fraction of sp³-hybridized carbons (Fsp3) is 0.192. The maximum absolute atomic E-state index is 10.6. The average molecular weight is 396 g/mol.